The lowest BCUT2D eigenvalue weighted by atomic mass is 9.77. The Hall–Kier alpha value is -1.14. The van der Waals surface area contributed by atoms with Gasteiger partial charge in [0.05, 0.1) is 17.8 Å². The first-order chi connectivity index (χ1) is 9.79. The summed E-state index contributed by atoms with van der Waals surface area (Å²) in [6.07, 6.45) is 1.97. The number of benzene rings is 1. The Bertz CT molecular complexity index is 524. The van der Waals surface area contributed by atoms with Gasteiger partial charge in [-0.25, -0.2) is 0 Å². The van der Waals surface area contributed by atoms with Crippen molar-refractivity contribution < 1.29 is 14.4 Å². The molecule has 1 fully saturated rings. The second-order valence-corrected chi connectivity index (χ2v) is 6.41. The molecule has 114 valence electrons. The van der Waals surface area contributed by atoms with Crippen LogP contribution < -0.4 is 5.73 Å². The van der Waals surface area contributed by atoms with E-state index in [9.17, 15) is 5.11 Å². The lowest BCUT2D eigenvalue weighted by Crippen LogP contribution is -2.41. The average molecular weight is 289 g/mol. The van der Waals surface area contributed by atoms with Gasteiger partial charge in [0.2, 0.25) is 0 Å². The van der Waals surface area contributed by atoms with Gasteiger partial charge in [0, 0.05) is 6.54 Å². The Morgan fingerprint density at radius 3 is 2.38 bits per heavy atom. The monoisotopic (exact) mass is 289 g/mol. The molecule has 0 unspecified atom stereocenters. The van der Waals surface area contributed by atoms with E-state index < -0.39 is 7.12 Å². The zero-order valence-corrected chi connectivity index (χ0v) is 13.2. The van der Waals surface area contributed by atoms with Gasteiger partial charge in [-0.05, 0) is 50.4 Å². The third-order valence-electron chi connectivity index (χ3n) is 4.28. The molecule has 5 heteroatoms. The van der Waals surface area contributed by atoms with E-state index in [0.717, 1.165) is 16.6 Å². The van der Waals surface area contributed by atoms with Gasteiger partial charge in [-0.1, -0.05) is 24.3 Å². The Kier molecular flexibility index (Phi) is 4.59. The minimum atomic E-state index is -0.433. The predicted octanol–water partition coefficient (Wildman–Crippen LogP) is 2.15. The van der Waals surface area contributed by atoms with Crippen LogP contribution in [0.1, 0.15) is 38.8 Å². The van der Waals surface area contributed by atoms with Gasteiger partial charge in [0.25, 0.3) is 0 Å². The first-order valence-corrected chi connectivity index (χ1v) is 7.25. The molecule has 1 aliphatic heterocycles. The molecule has 1 saturated heterocycles. The van der Waals surface area contributed by atoms with E-state index >= 15 is 0 Å². The van der Waals surface area contributed by atoms with Crippen LogP contribution in [-0.2, 0) is 15.9 Å². The number of hydrogen-bond donors (Lipinski definition) is 2. The van der Waals surface area contributed by atoms with Crippen LogP contribution in [0.15, 0.2) is 29.7 Å². The Balaban J connectivity index is 2.26. The maximum absolute atomic E-state index is 9.21. The lowest BCUT2D eigenvalue weighted by molar-refractivity contribution is 0.00578. The fraction of sp³-hybridized carbons (Fsp3) is 0.500. The topological polar surface area (TPSA) is 64.7 Å². The summed E-state index contributed by atoms with van der Waals surface area (Å²) in [6.45, 7) is 8.47. The SMILES string of the molecule is CC1(C)OB(C(=Cc2cccc(CO)c2)CN)OC1(C)C. The van der Waals surface area contributed by atoms with Crippen LogP contribution in [0.25, 0.3) is 6.08 Å². The van der Waals surface area contributed by atoms with E-state index in [2.05, 4.69) is 0 Å². The highest BCUT2D eigenvalue weighted by Crippen LogP contribution is 2.38. The predicted molar refractivity (Wildman–Crippen MR) is 85.5 cm³/mol. The van der Waals surface area contributed by atoms with Crippen LogP contribution in [0.2, 0.25) is 0 Å². The summed E-state index contributed by atoms with van der Waals surface area (Å²) in [5.74, 6) is 0. The molecular formula is C16H24BNO3. The van der Waals surface area contributed by atoms with Crippen LogP contribution in [0, 0.1) is 0 Å². The molecule has 2 rings (SSSR count). The number of rotatable bonds is 4. The van der Waals surface area contributed by atoms with Crippen LogP contribution in [-0.4, -0.2) is 30.0 Å². The maximum atomic E-state index is 9.21. The summed E-state index contributed by atoms with van der Waals surface area (Å²) in [5.41, 5.74) is 7.86. The molecular weight excluding hydrogens is 265 g/mol. The average Bonchev–Trinajstić information content (AvgIpc) is 2.65. The van der Waals surface area contributed by atoms with E-state index in [-0.39, 0.29) is 17.8 Å². The number of aliphatic hydroxyl groups excluding tert-OH is 1. The molecule has 0 spiro atoms. The number of aliphatic hydroxyl groups is 1. The quantitative estimate of drug-likeness (QED) is 0.834. The molecule has 0 atom stereocenters. The Morgan fingerprint density at radius 1 is 1.24 bits per heavy atom. The van der Waals surface area contributed by atoms with Gasteiger partial charge in [-0.2, -0.15) is 0 Å². The minimum absolute atomic E-state index is 0.0239. The molecule has 1 aliphatic rings. The van der Waals surface area contributed by atoms with Crippen LogP contribution in [0.5, 0.6) is 0 Å². The van der Waals surface area contributed by atoms with E-state index in [1.807, 2.05) is 58.0 Å². The summed E-state index contributed by atoms with van der Waals surface area (Å²) in [6, 6.07) is 7.70. The number of nitrogens with two attached hydrogens (primary N) is 1. The van der Waals surface area contributed by atoms with Crippen LogP contribution >= 0.6 is 0 Å². The van der Waals surface area contributed by atoms with Gasteiger partial charge in [-0.15, -0.1) is 0 Å². The largest absolute Gasteiger partial charge is 0.491 e. The molecule has 3 N–H and O–H groups in total. The van der Waals surface area contributed by atoms with E-state index in [4.69, 9.17) is 15.0 Å². The summed E-state index contributed by atoms with van der Waals surface area (Å²) in [5, 5.41) is 9.21. The van der Waals surface area contributed by atoms with Crippen LogP contribution in [0.4, 0.5) is 0 Å². The molecule has 0 bridgehead atoms. The van der Waals surface area contributed by atoms with Gasteiger partial charge >= 0.3 is 7.12 Å². The molecule has 21 heavy (non-hydrogen) atoms. The highest BCUT2D eigenvalue weighted by atomic mass is 16.7. The molecule has 4 nitrogen and oxygen atoms in total. The molecule has 0 aliphatic carbocycles. The van der Waals surface area contributed by atoms with E-state index in [1.54, 1.807) is 0 Å². The van der Waals surface area contributed by atoms with Crippen molar-refractivity contribution in [2.24, 2.45) is 5.73 Å². The molecule has 0 amide bonds. The third kappa shape index (κ3) is 3.38. The van der Waals surface area contributed by atoms with Gasteiger partial charge < -0.3 is 20.1 Å². The van der Waals surface area contributed by atoms with Gasteiger partial charge in [0.15, 0.2) is 0 Å². The molecule has 0 aromatic heterocycles. The normalized spacial score (nSPS) is 20.9. The van der Waals surface area contributed by atoms with Gasteiger partial charge in [0.1, 0.15) is 0 Å². The summed E-state index contributed by atoms with van der Waals surface area (Å²) < 4.78 is 12.1. The molecule has 0 radical (unpaired) electrons. The van der Waals surface area contributed by atoms with Gasteiger partial charge in [-0.3, -0.25) is 0 Å². The van der Waals surface area contributed by atoms with Crippen LogP contribution in [0.3, 0.4) is 0 Å². The van der Waals surface area contributed by atoms with Crippen molar-refractivity contribution >= 4 is 13.2 Å². The molecule has 0 saturated carbocycles. The zero-order chi connectivity index (χ0) is 15.7. The first-order valence-electron chi connectivity index (χ1n) is 7.25. The van der Waals surface area contributed by atoms with E-state index in [0.29, 0.717) is 6.54 Å². The zero-order valence-electron chi connectivity index (χ0n) is 13.2. The van der Waals surface area contributed by atoms with Crippen molar-refractivity contribution in [1.82, 2.24) is 0 Å². The van der Waals surface area contributed by atoms with Crippen molar-refractivity contribution in [3.8, 4) is 0 Å². The maximum Gasteiger partial charge on any atom is 0.491 e. The summed E-state index contributed by atoms with van der Waals surface area (Å²) in [4.78, 5) is 0. The van der Waals surface area contributed by atoms with Crippen molar-refractivity contribution in [1.29, 1.82) is 0 Å². The minimum Gasteiger partial charge on any atom is -0.400 e. The summed E-state index contributed by atoms with van der Waals surface area (Å²) in [7, 11) is -0.433. The van der Waals surface area contributed by atoms with Crippen molar-refractivity contribution in [3.63, 3.8) is 0 Å². The second-order valence-electron chi connectivity index (χ2n) is 6.41. The van der Waals surface area contributed by atoms with E-state index in [1.165, 1.54) is 0 Å². The highest BCUT2D eigenvalue weighted by molar-refractivity contribution is 6.55. The molecule has 1 aromatic rings. The van der Waals surface area contributed by atoms with Crippen molar-refractivity contribution in [2.75, 3.05) is 6.54 Å². The smallest absolute Gasteiger partial charge is 0.400 e. The lowest BCUT2D eigenvalue weighted by Gasteiger charge is -2.32. The Labute approximate surface area is 127 Å². The highest BCUT2D eigenvalue weighted by Gasteiger charge is 2.52. The number of hydrogen-bond acceptors (Lipinski definition) is 4. The standard InChI is InChI=1S/C16H24BNO3/c1-15(2)16(3,4)21-17(20-15)14(10-18)9-12-6-5-7-13(8-12)11-19/h5-9,19H,10-11,18H2,1-4H3. The Morgan fingerprint density at radius 2 is 1.86 bits per heavy atom. The van der Waals surface area contributed by atoms with Crippen molar-refractivity contribution in [2.45, 2.75) is 45.5 Å². The fourth-order valence-corrected chi connectivity index (χ4v) is 2.21. The van der Waals surface area contributed by atoms with Crippen molar-refractivity contribution in [3.05, 3.63) is 40.9 Å². The first kappa shape index (κ1) is 16.2. The molecule has 1 aromatic carbocycles. The molecule has 1 heterocycles. The summed E-state index contributed by atoms with van der Waals surface area (Å²) >= 11 is 0. The fourth-order valence-electron chi connectivity index (χ4n) is 2.21. The second kappa shape index (κ2) is 5.93. The third-order valence-corrected chi connectivity index (χ3v) is 4.28.